The third-order valence-corrected chi connectivity index (χ3v) is 6.60. The fraction of sp³-hybridized carbons (Fsp3) is 0.464. The number of carbonyl (C=O) groups excluding carboxylic acids is 1. The van der Waals surface area contributed by atoms with E-state index in [4.69, 9.17) is 9.47 Å². The molecule has 0 aliphatic carbocycles. The highest BCUT2D eigenvalue weighted by molar-refractivity contribution is 5.95. The van der Waals surface area contributed by atoms with E-state index in [-0.39, 0.29) is 6.10 Å². The smallest absolute Gasteiger partial charge is 0.160 e. The Kier molecular flexibility index (Phi) is 8.13. The number of Topliss-reactive ketones (excluding diaryl/α,β-unsaturated/α-hetero) is 1. The fourth-order valence-electron chi connectivity index (χ4n) is 4.93. The molecule has 4 heteroatoms. The van der Waals surface area contributed by atoms with Crippen molar-refractivity contribution in [3.63, 3.8) is 0 Å². The zero-order chi connectivity index (χ0) is 22.2. The van der Waals surface area contributed by atoms with Crippen molar-refractivity contribution >= 4 is 5.78 Å². The van der Waals surface area contributed by atoms with Crippen molar-refractivity contribution in [1.29, 1.82) is 0 Å². The second kappa shape index (κ2) is 11.4. The highest BCUT2D eigenvalue weighted by Gasteiger charge is 2.38. The molecule has 170 valence electrons. The maximum absolute atomic E-state index is 12.7. The zero-order valence-electron chi connectivity index (χ0n) is 19.2. The van der Waals surface area contributed by atoms with Gasteiger partial charge in [-0.25, -0.2) is 0 Å². The molecule has 2 aromatic carbocycles. The highest BCUT2D eigenvalue weighted by Crippen LogP contribution is 2.37. The molecule has 32 heavy (non-hydrogen) atoms. The van der Waals surface area contributed by atoms with Crippen LogP contribution in [-0.4, -0.2) is 36.0 Å². The zero-order valence-corrected chi connectivity index (χ0v) is 19.2. The van der Waals surface area contributed by atoms with Gasteiger partial charge >= 0.3 is 0 Å². The lowest BCUT2D eigenvalue weighted by molar-refractivity contribution is -0.115. The number of benzene rings is 2. The molecule has 4 nitrogen and oxygen atoms in total. The first-order valence-electron chi connectivity index (χ1n) is 12.0. The number of ether oxygens (including phenoxy) is 2. The third-order valence-electron chi connectivity index (χ3n) is 6.60. The minimum absolute atomic E-state index is 0.223. The van der Waals surface area contributed by atoms with E-state index in [0.717, 1.165) is 44.2 Å². The largest absolute Gasteiger partial charge is 0.377 e. The van der Waals surface area contributed by atoms with E-state index in [0.29, 0.717) is 38.1 Å². The SMILES string of the molecule is CCC(=O)C1=C(CCCOCc2ccccc2)N2C[C@H](OCc3ccccc3)C[C@@H]2CC1. The van der Waals surface area contributed by atoms with Gasteiger partial charge < -0.3 is 14.4 Å². The summed E-state index contributed by atoms with van der Waals surface area (Å²) in [4.78, 5) is 15.2. The Labute approximate surface area is 192 Å². The molecule has 2 aromatic rings. The van der Waals surface area contributed by atoms with Crippen LogP contribution in [0.15, 0.2) is 71.9 Å². The standard InChI is InChI=1S/C28H35NO3/c1-2-28(30)26-16-15-24-18-25(32-21-23-12-7-4-8-13-23)19-29(24)27(26)14-9-17-31-20-22-10-5-3-6-11-22/h3-8,10-13,24-25H,2,9,14-21H2,1H3/t24-,25+/m0/s1. The van der Waals surface area contributed by atoms with Crippen LogP contribution in [0, 0.1) is 0 Å². The van der Waals surface area contributed by atoms with Crippen LogP contribution < -0.4 is 0 Å². The minimum Gasteiger partial charge on any atom is -0.377 e. The number of allylic oxidation sites excluding steroid dienone is 2. The molecular formula is C28H35NO3. The van der Waals surface area contributed by atoms with Crippen LogP contribution in [0.25, 0.3) is 0 Å². The molecule has 2 heterocycles. The van der Waals surface area contributed by atoms with Crippen LogP contribution in [0.2, 0.25) is 0 Å². The van der Waals surface area contributed by atoms with Gasteiger partial charge in [0, 0.05) is 36.9 Å². The molecule has 1 fully saturated rings. The van der Waals surface area contributed by atoms with Crippen LogP contribution in [-0.2, 0) is 27.5 Å². The lowest BCUT2D eigenvalue weighted by Crippen LogP contribution is -2.35. The van der Waals surface area contributed by atoms with Crippen LogP contribution in [0.5, 0.6) is 0 Å². The molecule has 1 saturated heterocycles. The van der Waals surface area contributed by atoms with Crippen LogP contribution >= 0.6 is 0 Å². The molecule has 0 saturated carbocycles. The van der Waals surface area contributed by atoms with Crippen molar-refractivity contribution in [2.24, 2.45) is 0 Å². The summed E-state index contributed by atoms with van der Waals surface area (Å²) in [5.74, 6) is 0.303. The average molecular weight is 434 g/mol. The number of fused-ring (bicyclic) bond motifs is 1. The van der Waals surface area contributed by atoms with Gasteiger partial charge in [0.25, 0.3) is 0 Å². The van der Waals surface area contributed by atoms with Crippen molar-refractivity contribution in [1.82, 2.24) is 4.90 Å². The molecule has 2 aliphatic rings. The third kappa shape index (κ3) is 5.87. The predicted molar refractivity (Wildman–Crippen MR) is 127 cm³/mol. The molecule has 0 radical (unpaired) electrons. The summed E-state index contributed by atoms with van der Waals surface area (Å²) < 4.78 is 12.2. The molecule has 0 N–H and O–H groups in total. The summed E-state index contributed by atoms with van der Waals surface area (Å²) in [7, 11) is 0. The summed E-state index contributed by atoms with van der Waals surface area (Å²) in [6, 6.07) is 21.1. The molecule has 0 bridgehead atoms. The quantitative estimate of drug-likeness (QED) is 0.428. The Hall–Kier alpha value is -2.43. The van der Waals surface area contributed by atoms with Crippen LogP contribution in [0.4, 0.5) is 0 Å². The maximum atomic E-state index is 12.7. The number of rotatable bonds is 11. The van der Waals surface area contributed by atoms with Crippen molar-refractivity contribution in [2.75, 3.05) is 13.2 Å². The van der Waals surface area contributed by atoms with E-state index in [1.807, 2.05) is 31.2 Å². The maximum Gasteiger partial charge on any atom is 0.160 e. The molecule has 0 aromatic heterocycles. The first-order valence-corrected chi connectivity index (χ1v) is 12.0. The molecule has 0 unspecified atom stereocenters. The summed E-state index contributed by atoms with van der Waals surface area (Å²) >= 11 is 0. The van der Waals surface area contributed by atoms with E-state index >= 15 is 0 Å². The number of ketones is 1. The summed E-state index contributed by atoms with van der Waals surface area (Å²) in [5, 5.41) is 0. The van der Waals surface area contributed by atoms with Gasteiger partial charge in [-0.15, -0.1) is 0 Å². The fourth-order valence-corrected chi connectivity index (χ4v) is 4.93. The summed E-state index contributed by atoms with van der Waals surface area (Å²) in [5.41, 5.74) is 4.72. The molecule has 4 rings (SSSR count). The molecule has 2 aliphatic heterocycles. The second-order valence-corrected chi connectivity index (χ2v) is 8.84. The first kappa shape index (κ1) is 22.8. The van der Waals surface area contributed by atoms with Crippen LogP contribution in [0.1, 0.15) is 56.6 Å². The van der Waals surface area contributed by atoms with Gasteiger partial charge in [0.1, 0.15) is 0 Å². The van der Waals surface area contributed by atoms with E-state index in [9.17, 15) is 4.79 Å². The number of hydrogen-bond donors (Lipinski definition) is 0. The lowest BCUT2D eigenvalue weighted by atomic mass is 9.91. The van der Waals surface area contributed by atoms with Crippen molar-refractivity contribution in [3.05, 3.63) is 83.1 Å². The highest BCUT2D eigenvalue weighted by atomic mass is 16.5. The van der Waals surface area contributed by atoms with Crippen LogP contribution in [0.3, 0.4) is 0 Å². The molecule has 2 atom stereocenters. The monoisotopic (exact) mass is 433 g/mol. The molecule has 0 amide bonds. The van der Waals surface area contributed by atoms with Gasteiger partial charge in [-0.1, -0.05) is 67.6 Å². The summed E-state index contributed by atoms with van der Waals surface area (Å²) in [6.45, 7) is 4.86. The van der Waals surface area contributed by atoms with Gasteiger partial charge in [-0.3, -0.25) is 4.79 Å². The van der Waals surface area contributed by atoms with Gasteiger partial charge in [0.05, 0.1) is 19.3 Å². The summed E-state index contributed by atoms with van der Waals surface area (Å²) in [6.07, 6.45) is 5.64. The van der Waals surface area contributed by atoms with Crippen molar-refractivity contribution in [2.45, 2.75) is 70.8 Å². The second-order valence-electron chi connectivity index (χ2n) is 8.84. The predicted octanol–water partition coefficient (Wildman–Crippen LogP) is 5.67. The first-order chi connectivity index (χ1) is 15.7. The molecular weight excluding hydrogens is 398 g/mol. The number of carbonyl (C=O) groups is 1. The van der Waals surface area contributed by atoms with Gasteiger partial charge in [0.2, 0.25) is 0 Å². The Bertz CT molecular complexity index is 893. The Morgan fingerprint density at radius 2 is 1.69 bits per heavy atom. The number of hydrogen-bond acceptors (Lipinski definition) is 4. The van der Waals surface area contributed by atoms with E-state index in [2.05, 4.69) is 41.3 Å². The van der Waals surface area contributed by atoms with Crippen molar-refractivity contribution in [3.8, 4) is 0 Å². The Morgan fingerprint density at radius 3 is 2.38 bits per heavy atom. The van der Waals surface area contributed by atoms with E-state index in [1.165, 1.54) is 16.8 Å². The number of nitrogens with zero attached hydrogens (tertiary/aromatic N) is 1. The van der Waals surface area contributed by atoms with E-state index < -0.39 is 0 Å². The lowest BCUT2D eigenvalue weighted by Gasteiger charge is -2.35. The van der Waals surface area contributed by atoms with Gasteiger partial charge in [-0.05, 0) is 43.2 Å². The Morgan fingerprint density at radius 1 is 1.00 bits per heavy atom. The van der Waals surface area contributed by atoms with Gasteiger partial charge in [-0.2, -0.15) is 0 Å². The topological polar surface area (TPSA) is 38.8 Å². The molecule has 0 spiro atoms. The minimum atomic E-state index is 0.223. The van der Waals surface area contributed by atoms with Crippen molar-refractivity contribution < 1.29 is 14.3 Å². The Balaban J connectivity index is 1.34. The van der Waals surface area contributed by atoms with Gasteiger partial charge in [0.15, 0.2) is 5.78 Å². The van der Waals surface area contributed by atoms with E-state index in [1.54, 1.807) is 0 Å². The average Bonchev–Trinajstić information content (AvgIpc) is 3.27. The normalized spacial score (nSPS) is 20.5.